The molecule has 0 aliphatic heterocycles. The Morgan fingerprint density at radius 1 is 1.48 bits per heavy atom. The van der Waals surface area contributed by atoms with Crippen molar-refractivity contribution in [1.29, 1.82) is 0 Å². The number of aryl methyl sites for hydroxylation is 1. The molecule has 0 saturated carbocycles. The Balaban J connectivity index is 2.46. The van der Waals surface area contributed by atoms with E-state index in [1.54, 1.807) is 11.1 Å². The van der Waals surface area contributed by atoms with Gasteiger partial charge in [-0.1, -0.05) is 0 Å². The van der Waals surface area contributed by atoms with E-state index in [2.05, 4.69) is 10.1 Å². The number of hydrogen-bond donors (Lipinski definition) is 1. The van der Waals surface area contributed by atoms with Crippen LogP contribution in [0.1, 0.15) is 42.9 Å². The number of aromatic nitrogens is 3. The van der Waals surface area contributed by atoms with Crippen LogP contribution in [-0.2, 0) is 0 Å². The van der Waals surface area contributed by atoms with Gasteiger partial charge in [0.05, 0.1) is 24.1 Å². The van der Waals surface area contributed by atoms with E-state index in [1.807, 2.05) is 38.4 Å². The van der Waals surface area contributed by atoms with Crippen molar-refractivity contribution in [3.8, 4) is 0 Å². The van der Waals surface area contributed by atoms with E-state index < -0.39 is 0 Å². The van der Waals surface area contributed by atoms with Crippen LogP contribution in [0.4, 0.5) is 0 Å². The van der Waals surface area contributed by atoms with Gasteiger partial charge in [0.2, 0.25) is 0 Å². The van der Waals surface area contributed by atoms with Crippen LogP contribution >= 0.6 is 0 Å². The summed E-state index contributed by atoms with van der Waals surface area (Å²) in [6, 6.07) is 2.06. The molecule has 0 aliphatic rings. The largest absolute Gasteiger partial charge is 0.395 e. The lowest BCUT2D eigenvalue weighted by Crippen LogP contribution is -2.33. The van der Waals surface area contributed by atoms with Crippen LogP contribution in [0, 0.1) is 6.92 Å². The summed E-state index contributed by atoms with van der Waals surface area (Å²) < 4.78 is 1.85. The summed E-state index contributed by atoms with van der Waals surface area (Å²) in [5.74, 6) is -0.101. The fourth-order valence-electron chi connectivity index (χ4n) is 2.35. The number of pyridine rings is 1. The van der Waals surface area contributed by atoms with Crippen molar-refractivity contribution >= 4 is 16.9 Å². The zero-order valence-electron chi connectivity index (χ0n) is 13.0. The maximum atomic E-state index is 12.5. The van der Waals surface area contributed by atoms with Gasteiger partial charge >= 0.3 is 0 Å². The molecule has 0 aliphatic carbocycles. The Hall–Kier alpha value is -1.95. The topological polar surface area (TPSA) is 71.2 Å². The summed E-state index contributed by atoms with van der Waals surface area (Å²) in [4.78, 5) is 18.7. The van der Waals surface area contributed by atoms with E-state index in [-0.39, 0.29) is 18.6 Å². The highest BCUT2D eigenvalue weighted by Gasteiger charge is 2.19. The van der Waals surface area contributed by atoms with Crippen LogP contribution in [0.5, 0.6) is 0 Å². The second-order valence-corrected chi connectivity index (χ2v) is 5.33. The number of hydrogen-bond acceptors (Lipinski definition) is 4. The summed E-state index contributed by atoms with van der Waals surface area (Å²) in [6.07, 6.45) is 1.74. The molecule has 2 heterocycles. The first-order valence-electron chi connectivity index (χ1n) is 7.24. The minimum absolute atomic E-state index is 0.0421. The Bertz CT molecular complexity index is 648. The second kappa shape index (κ2) is 6.22. The van der Waals surface area contributed by atoms with Crippen molar-refractivity contribution in [2.75, 3.05) is 19.7 Å². The number of carbonyl (C=O) groups is 1. The van der Waals surface area contributed by atoms with E-state index in [9.17, 15) is 4.79 Å². The standard InChI is InChI=1S/C15H22N4O2/c1-5-18(6-7-20)15(21)13-8-12-9-16-19(10(2)3)14(12)17-11(13)4/h8-10,20H,5-7H2,1-4H3. The van der Waals surface area contributed by atoms with Gasteiger partial charge in [-0.25, -0.2) is 9.67 Å². The first-order valence-corrected chi connectivity index (χ1v) is 7.24. The van der Waals surface area contributed by atoms with Gasteiger partial charge in [0.15, 0.2) is 5.65 Å². The Labute approximate surface area is 124 Å². The fraction of sp³-hybridized carbons (Fsp3) is 0.533. The first-order chi connectivity index (χ1) is 9.99. The summed E-state index contributed by atoms with van der Waals surface area (Å²) in [5, 5.41) is 14.2. The van der Waals surface area contributed by atoms with E-state index in [1.165, 1.54) is 0 Å². The Kier molecular flexibility index (Phi) is 4.57. The maximum absolute atomic E-state index is 12.5. The van der Waals surface area contributed by atoms with E-state index >= 15 is 0 Å². The number of carbonyl (C=O) groups excluding carboxylic acids is 1. The number of aliphatic hydroxyl groups excluding tert-OH is 1. The molecule has 2 rings (SSSR count). The van der Waals surface area contributed by atoms with Gasteiger partial charge in [-0.3, -0.25) is 4.79 Å². The highest BCUT2D eigenvalue weighted by Crippen LogP contribution is 2.20. The SMILES string of the molecule is CCN(CCO)C(=O)c1cc2cnn(C(C)C)c2nc1C. The molecule has 0 aromatic carbocycles. The Morgan fingerprint density at radius 3 is 2.76 bits per heavy atom. The molecule has 2 aromatic heterocycles. The maximum Gasteiger partial charge on any atom is 0.255 e. The van der Waals surface area contributed by atoms with Crippen LogP contribution in [0.3, 0.4) is 0 Å². The first kappa shape index (κ1) is 15.4. The highest BCUT2D eigenvalue weighted by molar-refractivity contribution is 5.98. The van der Waals surface area contributed by atoms with Gasteiger partial charge in [0, 0.05) is 24.5 Å². The molecule has 6 heteroatoms. The van der Waals surface area contributed by atoms with E-state index in [0.717, 1.165) is 11.0 Å². The summed E-state index contributed by atoms with van der Waals surface area (Å²) in [7, 11) is 0. The lowest BCUT2D eigenvalue weighted by atomic mass is 10.1. The average molecular weight is 290 g/mol. The number of rotatable bonds is 5. The molecule has 0 saturated heterocycles. The normalized spacial score (nSPS) is 11.3. The molecule has 114 valence electrons. The van der Waals surface area contributed by atoms with Gasteiger partial charge in [0.1, 0.15) is 0 Å². The molecule has 0 radical (unpaired) electrons. The number of nitrogens with zero attached hydrogens (tertiary/aromatic N) is 4. The molecular weight excluding hydrogens is 268 g/mol. The lowest BCUT2D eigenvalue weighted by molar-refractivity contribution is 0.0731. The van der Waals surface area contributed by atoms with Gasteiger partial charge < -0.3 is 10.0 Å². The quantitative estimate of drug-likeness (QED) is 0.911. The zero-order valence-corrected chi connectivity index (χ0v) is 13.0. The molecule has 0 fully saturated rings. The van der Waals surface area contributed by atoms with Crippen molar-refractivity contribution in [2.45, 2.75) is 33.7 Å². The lowest BCUT2D eigenvalue weighted by Gasteiger charge is -2.20. The fourth-order valence-corrected chi connectivity index (χ4v) is 2.35. The van der Waals surface area contributed by atoms with Gasteiger partial charge in [-0.15, -0.1) is 0 Å². The molecule has 6 nitrogen and oxygen atoms in total. The molecule has 21 heavy (non-hydrogen) atoms. The molecule has 2 aromatic rings. The summed E-state index contributed by atoms with van der Waals surface area (Å²) in [6.45, 7) is 8.66. The van der Waals surface area contributed by atoms with Crippen molar-refractivity contribution in [3.63, 3.8) is 0 Å². The third kappa shape index (κ3) is 2.90. The number of aliphatic hydroxyl groups is 1. The van der Waals surface area contributed by atoms with Crippen LogP contribution in [-0.4, -0.2) is 50.4 Å². The minimum atomic E-state index is -0.101. The molecule has 1 N–H and O–H groups in total. The zero-order chi connectivity index (χ0) is 15.6. The minimum Gasteiger partial charge on any atom is -0.395 e. The molecular formula is C15H22N4O2. The number of likely N-dealkylation sites (N-methyl/N-ethyl adjacent to an activating group) is 1. The van der Waals surface area contributed by atoms with Gasteiger partial charge in [-0.05, 0) is 33.8 Å². The predicted octanol–water partition coefficient (Wildman–Crippen LogP) is 1.78. The summed E-state index contributed by atoms with van der Waals surface area (Å²) in [5.41, 5.74) is 2.05. The number of fused-ring (bicyclic) bond motifs is 1. The van der Waals surface area contributed by atoms with Crippen molar-refractivity contribution in [3.05, 3.63) is 23.5 Å². The smallest absolute Gasteiger partial charge is 0.255 e. The predicted molar refractivity (Wildman–Crippen MR) is 81.3 cm³/mol. The van der Waals surface area contributed by atoms with Gasteiger partial charge in [-0.2, -0.15) is 5.10 Å². The van der Waals surface area contributed by atoms with Crippen LogP contribution < -0.4 is 0 Å². The molecule has 0 atom stereocenters. The highest BCUT2D eigenvalue weighted by atomic mass is 16.3. The second-order valence-electron chi connectivity index (χ2n) is 5.33. The summed E-state index contributed by atoms with van der Waals surface area (Å²) >= 11 is 0. The number of amides is 1. The van der Waals surface area contributed by atoms with Crippen LogP contribution in [0.15, 0.2) is 12.3 Å². The van der Waals surface area contributed by atoms with E-state index in [4.69, 9.17) is 5.11 Å². The van der Waals surface area contributed by atoms with Crippen molar-refractivity contribution in [2.24, 2.45) is 0 Å². The molecule has 1 amide bonds. The van der Waals surface area contributed by atoms with Crippen molar-refractivity contribution in [1.82, 2.24) is 19.7 Å². The third-order valence-corrected chi connectivity index (χ3v) is 3.52. The Morgan fingerprint density at radius 2 is 2.19 bits per heavy atom. The third-order valence-electron chi connectivity index (χ3n) is 3.52. The van der Waals surface area contributed by atoms with Crippen molar-refractivity contribution < 1.29 is 9.90 Å². The van der Waals surface area contributed by atoms with E-state index in [0.29, 0.717) is 24.3 Å². The average Bonchev–Trinajstić information content (AvgIpc) is 2.86. The van der Waals surface area contributed by atoms with Gasteiger partial charge in [0.25, 0.3) is 5.91 Å². The van der Waals surface area contributed by atoms with Crippen LogP contribution in [0.25, 0.3) is 11.0 Å². The molecule has 0 spiro atoms. The monoisotopic (exact) mass is 290 g/mol. The molecule has 0 bridgehead atoms. The molecule has 0 unspecified atom stereocenters. The van der Waals surface area contributed by atoms with Crippen LogP contribution in [0.2, 0.25) is 0 Å².